The Morgan fingerprint density at radius 2 is 2.38 bits per heavy atom. The molecule has 0 saturated heterocycles. The molecule has 0 saturated carbocycles. The highest BCUT2D eigenvalue weighted by atomic mass is 16.4. The highest BCUT2D eigenvalue weighted by Crippen LogP contribution is 2.08. The molecule has 0 bridgehead atoms. The van der Waals surface area contributed by atoms with Crippen molar-refractivity contribution in [2.45, 2.75) is 20.4 Å². The van der Waals surface area contributed by atoms with E-state index in [1.807, 2.05) is 13.8 Å². The van der Waals surface area contributed by atoms with Crippen molar-refractivity contribution in [3.05, 3.63) is 11.8 Å². The molecule has 0 unspecified atom stereocenters. The van der Waals surface area contributed by atoms with Crippen molar-refractivity contribution in [3.8, 4) is 0 Å². The van der Waals surface area contributed by atoms with Crippen LogP contribution in [-0.2, 0) is 6.54 Å². The lowest BCUT2D eigenvalue weighted by molar-refractivity contribution is 0.0689. The second-order valence-corrected chi connectivity index (χ2v) is 3.34. The maximum Gasteiger partial charge on any atom is 0.356 e. The Balaban J connectivity index is 2.90. The van der Waals surface area contributed by atoms with Crippen LogP contribution in [0.15, 0.2) is 6.07 Å². The quantitative estimate of drug-likeness (QED) is 0.726. The first-order valence-corrected chi connectivity index (χ1v) is 4.07. The zero-order chi connectivity index (χ0) is 10.0. The first-order chi connectivity index (χ1) is 6.00. The minimum atomic E-state index is -1.05. The minimum absolute atomic E-state index is 0.00171. The van der Waals surface area contributed by atoms with E-state index >= 15 is 0 Å². The molecule has 0 radical (unpaired) electrons. The van der Waals surface area contributed by atoms with Crippen LogP contribution in [0.25, 0.3) is 0 Å². The molecule has 1 aromatic heterocycles. The SMILES string of the molecule is CC(C)Cn1nc(C(=O)O)cc1N. The number of carboxylic acids is 1. The molecule has 0 aromatic carbocycles. The predicted octanol–water partition coefficient (Wildman–Crippen LogP) is 0.820. The third-order valence-electron chi connectivity index (χ3n) is 1.57. The molecule has 13 heavy (non-hydrogen) atoms. The Bertz CT molecular complexity index is 317. The number of nitrogens with zero attached hydrogens (tertiary/aromatic N) is 2. The van der Waals surface area contributed by atoms with Gasteiger partial charge in [-0.3, -0.25) is 0 Å². The van der Waals surface area contributed by atoms with E-state index in [4.69, 9.17) is 10.8 Å². The Morgan fingerprint density at radius 1 is 1.77 bits per heavy atom. The summed E-state index contributed by atoms with van der Waals surface area (Å²) in [6.45, 7) is 4.67. The minimum Gasteiger partial charge on any atom is -0.476 e. The Hall–Kier alpha value is -1.52. The second kappa shape index (κ2) is 3.47. The number of anilines is 1. The molecular weight excluding hydrogens is 170 g/mol. The summed E-state index contributed by atoms with van der Waals surface area (Å²) in [5.41, 5.74) is 5.56. The molecule has 0 aliphatic rings. The summed E-state index contributed by atoms with van der Waals surface area (Å²) in [5.74, 6) is -0.260. The molecule has 0 atom stereocenters. The Labute approximate surface area is 76.2 Å². The second-order valence-electron chi connectivity index (χ2n) is 3.34. The number of nitrogens with two attached hydrogens (primary N) is 1. The maximum absolute atomic E-state index is 10.5. The molecule has 0 aliphatic carbocycles. The van der Waals surface area contributed by atoms with Gasteiger partial charge in [0.1, 0.15) is 5.82 Å². The summed E-state index contributed by atoms with van der Waals surface area (Å²) in [4.78, 5) is 10.5. The van der Waals surface area contributed by atoms with Crippen LogP contribution in [0.5, 0.6) is 0 Å². The first kappa shape index (κ1) is 9.57. The third kappa shape index (κ3) is 2.21. The fraction of sp³-hybridized carbons (Fsp3) is 0.500. The molecule has 5 heteroatoms. The molecule has 72 valence electrons. The van der Waals surface area contributed by atoms with E-state index in [1.165, 1.54) is 10.7 Å². The van der Waals surface area contributed by atoms with Gasteiger partial charge >= 0.3 is 5.97 Å². The molecule has 3 N–H and O–H groups in total. The van der Waals surface area contributed by atoms with Gasteiger partial charge in [-0.05, 0) is 5.92 Å². The summed E-state index contributed by atoms with van der Waals surface area (Å²) in [6, 6.07) is 1.37. The standard InChI is InChI=1S/C8H13N3O2/c1-5(2)4-11-7(9)3-6(10-11)8(12)13/h3,5H,4,9H2,1-2H3,(H,12,13). The average molecular weight is 183 g/mol. The van der Waals surface area contributed by atoms with E-state index in [0.717, 1.165) is 0 Å². The maximum atomic E-state index is 10.5. The van der Waals surface area contributed by atoms with E-state index in [0.29, 0.717) is 18.3 Å². The first-order valence-electron chi connectivity index (χ1n) is 4.07. The topological polar surface area (TPSA) is 81.1 Å². The van der Waals surface area contributed by atoms with Gasteiger partial charge in [-0.1, -0.05) is 13.8 Å². The molecule has 0 fully saturated rings. The molecule has 1 heterocycles. The number of rotatable bonds is 3. The average Bonchev–Trinajstić information content (AvgIpc) is 2.31. The smallest absolute Gasteiger partial charge is 0.356 e. The van der Waals surface area contributed by atoms with Gasteiger partial charge in [-0.25, -0.2) is 9.48 Å². The van der Waals surface area contributed by atoms with E-state index in [9.17, 15) is 4.79 Å². The molecule has 0 aliphatic heterocycles. The normalized spacial score (nSPS) is 10.7. The largest absolute Gasteiger partial charge is 0.476 e. The molecule has 1 aromatic rings. The molecule has 5 nitrogen and oxygen atoms in total. The van der Waals surface area contributed by atoms with E-state index in [-0.39, 0.29) is 5.69 Å². The Kier molecular flexibility index (Phi) is 2.55. The fourth-order valence-electron chi connectivity index (χ4n) is 1.03. The number of carbonyl (C=O) groups is 1. The van der Waals surface area contributed by atoms with Gasteiger partial charge < -0.3 is 10.8 Å². The molecule has 1 rings (SSSR count). The van der Waals surface area contributed by atoms with E-state index < -0.39 is 5.97 Å². The van der Waals surface area contributed by atoms with E-state index in [2.05, 4.69) is 5.10 Å². The highest BCUT2D eigenvalue weighted by Gasteiger charge is 2.11. The molecule has 0 amide bonds. The number of aromatic nitrogens is 2. The van der Waals surface area contributed by atoms with Crippen molar-refractivity contribution in [1.29, 1.82) is 0 Å². The summed E-state index contributed by atoms with van der Waals surface area (Å²) in [7, 11) is 0. The number of aromatic carboxylic acids is 1. The van der Waals surface area contributed by atoms with Crippen LogP contribution >= 0.6 is 0 Å². The molecular formula is C8H13N3O2. The fourth-order valence-corrected chi connectivity index (χ4v) is 1.03. The van der Waals surface area contributed by atoms with Crippen molar-refractivity contribution < 1.29 is 9.90 Å². The van der Waals surface area contributed by atoms with Gasteiger partial charge in [0, 0.05) is 12.6 Å². The van der Waals surface area contributed by atoms with Crippen LogP contribution in [0.3, 0.4) is 0 Å². The lowest BCUT2D eigenvalue weighted by Crippen LogP contribution is -2.10. The van der Waals surface area contributed by atoms with Crippen LogP contribution in [-0.4, -0.2) is 20.9 Å². The van der Waals surface area contributed by atoms with Gasteiger partial charge in [0.2, 0.25) is 0 Å². The van der Waals surface area contributed by atoms with Crippen LogP contribution in [0, 0.1) is 5.92 Å². The van der Waals surface area contributed by atoms with Crippen LogP contribution < -0.4 is 5.73 Å². The summed E-state index contributed by atoms with van der Waals surface area (Å²) in [5, 5.41) is 12.5. The summed E-state index contributed by atoms with van der Waals surface area (Å²) in [6.07, 6.45) is 0. The number of carboxylic acid groups (broad SMARTS) is 1. The lowest BCUT2D eigenvalue weighted by atomic mass is 10.2. The number of hydrogen-bond acceptors (Lipinski definition) is 3. The highest BCUT2D eigenvalue weighted by molar-refractivity contribution is 5.86. The van der Waals surface area contributed by atoms with Crippen molar-refractivity contribution in [1.82, 2.24) is 9.78 Å². The van der Waals surface area contributed by atoms with Gasteiger partial charge in [0.25, 0.3) is 0 Å². The Morgan fingerprint density at radius 3 is 2.77 bits per heavy atom. The molecule has 0 spiro atoms. The zero-order valence-electron chi connectivity index (χ0n) is 7.69. The monoisotopic (exact) mass is 183 g/mol. The van der Waals surface area contributed by atoms with E-state index in [1.54, 1.807) is 0 Å². The van der Waals surface area contributed by atoms with Gasteiger partial charge in [0.05, 0.1) is 0 Å². The van der Waals surface area contributed by atoms with Crippen LogP contribution in [0.4, 0.5) is 5.82 Å². The van der Waals surface area contributed by atoms with Gasteiger partial charge in [-0.2, -0.15) is 5.10 Å². The summed E-state index contributed by atoms with van der Waals surface area (Å²) >= 11 is 0. The predicted molar refractivity (Wildman–Crippen MR) is 48.4 cm³/mol. The van der Waals surface area contributed by atoms with Crippen molar-refractivity contribution in [2.24, 2.45) is 5.92 Å². The third-order valence-corrected chi connectivity index (χ3v) is 1.57. The van der Waals surface area contributed by atoms with Gasteiger partial charge in [0.15, 0.2) is 5.69 Å². The number of hydrogen-bond donors (Lipinski definition) is 2. The summed E-state index contributed by atoms with van der Waals surface area (Å²) < 4.78 is 1.51. The van der Waals surface area contributed by atoms with Crippen LogP contribution in [0.2, 0.25) is 0 Å². The zero-order valence-corrected chi connectivity index (χ0v) is 7.69. The van der Waals surface area contributed by atoms with Gasteiger partial charge in [-0.15, -0.1) is 0 Å². The van der Waals surface area contributed by atoms with Crippen molar-refractivity contribution in [2.75, 3.05) is 5.73 Å². The van der Waals surface area contributed by atoms with Crippen molar-refractivity contribution in [3.63, 3.8) is 0 Å². The number of nitrogen functional groups attached to an aromatic ring is 1. The van der Waals surface area contributed by atoms with Crippen LogP contribution in [0.1, 0.15) is 24.3 Å². The van der Waals surface area contributed by atoms with Crippen molar-refractivity contribution >= 4 is 11.8 Å². The lowest BCUT2D eigenvalue weighted by Gasteiger charge is -2.05.